The van der Waals surface area contributed by atoms with E-state index in [1.807, 2.05) is 0 Å². The molecule has 2 nitrogen and oxygen atoms in total. The Labute approximate surface area is 130 Å². The maximum Gasteiger partial charge on any atom is 0.124 e. The standard InChI is InChI=1S/C19H31NO/c1-4-13-20-16(3)18-12-11-15(2)14-19(18)21-17-9-7-5-6-8-10-17/h11-12,14,16-17,20H,4-10,13H2,1-3H3. The van der Waals surface area contributed by atoms with E-state index in [2.05, 4.69) is 44.3 Å². The summed E-state index contributed by atoms with van der Waals surface area (Å²) in [6, 6.07) is 6.99. The van der Waals surface area contributed by atoms with E-state index in [-0.39, 0.29) is 0 Å². The number of rotatable bonds is 6. The summed E-state index contributed by atoms with van der Waals surface area (Å²) < 4.78 is 6.41. The summed E-state index contributed by atoms with van der Waals surface area (Å²) in [5.41, 5.74) is 2.59. The Morgan fingerprint density at radius 3 is 2.57 bits per heavy atom. The predicted octanol–water partition coefficient (Wildman–Crippen LogP) is 5.16. The van der Waals surface area contributed by atoms with Crippen LogP contribution in [0.2, 0.25) is 0 Å². The normalized spacial score (nSPS) is 18.2. The summed E-state index contributed by atoms with van der Waals surface area (Å²) in [4.78, 5) is 0. The monoisotopic (exact) mass is 289 g/mol. The molecule has 1 saturated carbocycles. The van der Waals surface area contributed by atoms with Crippen LogP contribution < -0.4 is 10.1 Å². The Bertz CT molecular complexity index is 422. The molecule has 1 unspecified atom stereocenters. The lowest BCUT2D eigenvalue weighted by Crippen LogP contribution is -2.22. The second kappa shape index (κ2) is 8.43. The number of ether oxygens (including phenoxy) is 1. The molecule has 0 radical (unpaired) electrons. The third-order valence-corrected chi connectivity index (χ3v) is 4.43. The van der Waals surface area contributed by atoms with Gasteiger partial charge in [-0.2, -0.15) is 0 Å². The van der Waals surface area contributed by atoms with Crippen LogP contribution in [-0.2, 0) is 0 Å². The molecule has 1 aromatic carbocycles. The molecule has 2 rings (SSSR count). The van der Waals surface area contributed by atoms with Crippen molar-refractivity contribution >= 4 is 0 Å². The summed E-state index contributed by atoms with van der Waals surface area (Å²) >= 11 is 0. The lowest BCUT2D eigenvalue weighted by Gasteiger charge is -2.23. The Morgan fingerprint density at radius 2 is 1.90 bits per heavy atom. The van der Waals surface area contributed by atoms with Crippen LogP contribution >= 0.6 is 0 Å². The highest BCUT2D eigenvalue weighted by atomic mass is 16.5. The van der Waals surface area contributed by atoms with E-state index in [9.17, 15) is 0 Å². The van der Waals surface area contributed by atoms with E-state index in [4.69, 9.17) is 4.74 Å². The molecule has 0 amide bonds. The molecular weight excluding hydrogens is 258 g/mol. The zero-order valence-corrected chi connectivity index (χ0v) is 14.0. The fraction of sp³-hybridized carbons (Fsp3) is 0.684. The van der Waals surface area contributed by atoms with Gasteiger partial charge in [-0.3, -0.25) is 0 Å². The fourth-order valence-electron chi connectivity index (χ4n) is 3.11. The molecule has 2 heteroatoms. The van der Waals surface area contributed by atoms with Crippen LogP contribution in [0.1, 0.15) is 76.0 Å². The van der Waals surface area contributed by atoms with Crippen molar-refractivity contribution < 1.29 is 4.74 Å². The van der Waals surface area contributed by atoms with Gasteiger partial charge in [0.15, 0.2) is 0 Å². The average Bonchev–Trinajstić information content (AvgIpc) is 2.73. The molecule has 1 atom stereocenters. The SMILES string of the molecule is CCCNC(C)c1ccc(C)cc1OC1CCCCCC1. The van der Waals surface area contributed by atoms with Crippen LogP contribution in [0.5, 0.6) is 5.75 Å². The van der Waals surface area contributed by atoms with Crippen molar-refractivity contribution in [3.8, 4) is 5.75 Å². The molecule has 0 heterocycles. The summed E-state index contributed by atoms with van der Waals surface area (Å²) in [7, 11) is 0. The molecule has 1 fully saturated rings. The van der Waals surface area contributed by atoms with Crippen molar-refractivity contribution in [2.75, 3.05) is 6.54 Å². The lowest BCUT2D eigenvalue weighted by molar-refractivity contribution is 0.180. The summed E-state index contributed by atoms with van der Waals surface area (Å²) in [5, 5.41) is 3.58. The highest BCUT2D eigenvalue weighted by Crippen LogP contribution is 2.30. The number of nitrogens with one attached hydrogen (secondary N) is 1. The molecule has 0 aromatic heterocycles. The van der Waals surface area contributed by atoms with Crippen LogP contribution in [-0.4, -0.2) is 12.6 Å². The van der Waals surface area contributed by atoms with Gasteiger partial charge in [-0.25, -0.2) is 0 Å². The van der Waals surface area contributed by atoms with Crippen molar-refractivity contribution in [2.24, 2.45) is 0 Å². The van der Waals surface area contributed by atoms with Gasteiger partial charge in [-0.15, -0.1) is 0 Å². The van der Waals surface area contributed by atoms with E-state index in [0.717, 1.165) is 18.7 Å². The molecule has 1 N–H and O–H groups in total. The largest absolute Gasteiger partial charge is 0.490 e. The first-order valence-corrected chi connectivity index (χ1v) is 8.71. The maximum absolute atomic E-state index is 6.41. The Hall–Kier alpha value is -1.02. The Morgan fingerprint density at radius 1 is 1.19 bits per heavy atom. The Kier molecular flexibility index (Phi) is 6.56. The summed E-state index contributed by atoms with van der Waals surface area (Å²) in [5.74, 6) is 1.10. The zero-order chi connectivity index (χ0) is 15.1. The summed E-state index contributed by atoms with van der Waals surface area (Å²) in [6.07, 6.45) is 9.37. The molecule has 0 spiro atoms. The quantitative estimate of drug-likeness (QED) is 0.731. The van der Waals surface area contributed by atoms with E-state index < -0.39 is 0 Å². The van der Waals surface area contributed by atoms with Crippen molar-refractivity contribution in [3.63, 3.8) is 0 Å². The van der Waals surface area contributed by atoms with Crippen molar-refractivity contribution in [3.05, 3.63) is 29.3 Å². The maximum atomic E-state index is 6.41. The van der Waals surface area contributed by atoms with Crippen LogP contribution in [0.4, 0.5) is 0 Å². The minimum atomic E-state index is 0.353. The molecule has 1 aromatic rings. The van der Waals surface area contributed by atoms with Gasteiger partial charge < -0.3 is 10.1 Å². The van der Waals surface area contributed by atoms with Crippen LogP contribution in [0, 0.1) is 6.92 Å². The number of aryl methyl sites for hydroxylation is 1. The number of benzene rings is 1. The second-order valence-electron chi connectivity index (χ2n) is 6.45. The van der Waals surface area contributed by atoms with Gasteiger partial charge in [0.25, 0.3) is 0 Å². The van der Waals surface area contributed by atoms with E-state index >= 15 is 0 Å². The van der Waals surface area contributed by atoms with Gasteiger partial charge in [0.2, 0.25) is 0 Å². The third-order valence-electron chi connectivity index (χ3n) is 4.43. The predicted molar refractivity (Wildman–Crippen MR) is 90.0 cm³/mol. The lowest BCUT2D eigenvalue weighted by atomic mass is 10.0. The minimum absolute atomic E-state index is 0.353. The van der Waals surface area contributed by atoms with Gasteiger partial charge in [-0.05, 0) is 64.1 Å². The van der Waals surface area contributed by atoms with Crippen LogP contribution in [0.15, 0.2) is 18.2 Å². The van der Waals surface area contributed by atoms with Gasteiger partial charge in [0.05, 0.1) is 6.10 Å². The van der Waals surface area contributed by atoms with Crippen molar-refractivity contribution in [1.29, 1.82) is 0 Å². The number of hydrogen-bond acceptors (Lipinski definition) is 2. The van der Waals surface area contributed by atoms with Gasteiger partial charge in [0, 0.05) is 11.6 Å². The topological polar surface area (TPSA) is 21.3 Å². The second-order valence-corrected chi connectivity index (χ2v) is 6.45. The zero-order valence-electron chi connectivity index (χ0n) is 14.0. The summed E-state index contributed by atoms with van der Waals surface area (Å²) in [6.45, 7) is 7.64. The first kappa shape index (κ1) is 16.4. The van der Waals surface area contributed by atoms with Gasteiger partial charge >= 0.3 is 0 Å². The van der Waals surface area contributed by atoms with Crippen LogP contribution in [0.25, 0.3) is 0 Å². The molecular formula is C19H31NO. The minimum Gasteiger partial charge on any atom is -0.490 e. The van der Waals surface area contributed by atoms with Gasteiger partial charge in [0.1, 0.15) is 5.75 Å². The smallest absolute Gasteiger partial charge is 0.124 e. The highest BCUT2D eigenvalue weighted by Gasteiger charge is 2.17. The molecule has 0 saturated heterocycles. The molecule has 0 bridgehead atoms. The molecule has 1 aliphatic rings. The highest BCUT2D eigenvalue weighted by molar-refractivity contribution is 5.39. The number of hydrogen-bond donors (Lipinski definition) is 1. The first-order chi connectivity index (χ1) is 10.2. The Balaban J connectivity index is 2.10. The first-order valence-electron chi connectivity index (χ1n) is 8.71. The van der Waals surface area contributed by atoms with Crippen LogP contribution in [0.3, 0.4) is 0 Å². The third kappa shape index (κ3) is 5.03. The fourth-order valence-corrected chi connectivity index (χ4v) is 3.11. The molecule has 118 valence electrons. The van der Waals surface area contributed by atoms with E-state index in [0.29, 0.717) is 12.1 Å². The van der Waals surface area contributed by atoms with Crippen molar-refractivity contribution in [2.45, 2.75) is 77.9 Å². The van der Waals surface area contributed by atoms with Gasteiger partial charge in [-0.1, -0.05) is 31.9 Å². The molecule has 21 heavy (non-hydrogen) atoms. The van der Waals surface area contributed by atoms with E-state index in [1.54, 1.807) is 0 Å². The molecule has 0 aliphatic heterocycles. The van der Waals surface area contributed by atoms with Crippen molar-refractivity contribution in [1.82, 2.24) is 5.32 Å². The van der Waals surface area contributed by atoms with E-state index in [1.165, 1.54) is 49.7 Å². The average molecular weight is 289 g/mol. The molecule has 1 aliphatic carbocycles.